The fourth-order valence-electron chi connectivity index (χ4n) is 2.11. The average molecular weight is 272 g/mol. The van der Waals surface area contributed by atoms with Gasteiger partial charge in [0.1, 0.15) is 12.1 Å². The van der Waals surface area contributed by atoms with Crippen LogP contribution in [0.1, 0.15) is 20.3 Å². The van der Waals surface area contributed by atoms with E-state index in [1.165, 1.54) is 6.92 Å². The Morgan fingerprint density at radius 1 is 1.11 bits per heavy atom. The fraction of sp³-hybridized carbons (Fsp3) is 0.889. The number of carbonyl (C=O) groups excluding carboxylic acids is 1. The molecule has 1 aliphatic rings. The zero-order valence-electron chi connectivity index (χ0n) is 10.3. The first-order valence-corrected chi connectivity index (χ1v) is 5.51. The van der Waals surface area contributed by atoms with Gasteiger partial charge in [0.2, 0.25) is 0 Å². The largest absolute Gasteiger partial charge is 0.357 e. The highest BCUT2D eigenvalue weighted by atomic mass is 16.5. The van der Waals surface area contributed by atoms with Gasteiger partial charge in [-0.2, -0.15) is 14.7 Å². The molecule has 0 aliphatic carbocycles. The molecule has 104 valence electrons. The van der Waals surface area contributed by atoms with Crippen LogP contribution in [0.15, 0.2) is 20.7 Å². The minimum Gasteiger partial charge on any atom is -0.357 e. The van der Waals surface area contributed by atoms with Crippen LogP contribution < -0.4 is 0 Å². The first-order chi connectivity index (χ1) is 8.98. The van der Waals surface area contributed by atoms with E-state index >= 15 is 0 Å². The minimum atomic E-state index is -1.62. The topological polar surface area (TPSA) is 144 Å². The molecule has 1 fully saturated rings. The Kier molecular flexibility index (Phi) is 4.59. The van der Waals surface area contributed by atoms with Gasteiger partial charge in [-0.3, -0.25) is 4.79 Å². The molecular weight excluding hydrogens is 260 g/mol. The number of nitroso groups, excluding NO2 is 4. The van der Waals surface area contributed by atoms with Crippen molar-refractivity contribution in [2.75, 3.05) is 0 Å². The molecule has 0 radical (unpaired) electrons. The molecule has 1 rings (SSSR count). The van der Waals surface area contributed by atoms with Gasteiger partial charge in [0.25, 0.3) is 0 Å². The number of rotatable bonds is 5. The standard InChI is InChI=1S/C9H12N4O6/c1-3-9(2)7(12-17)5(11-16)4(10-15)6(19-9)8(14)13-18/h4-7H,3H2,1-2H3/t4-,5+,6+,7?,9-/m1/s1. The molecule has 10 nitrogen and oxygen atoms in total. The zero-order chi connectivity index (χ0) is 14.6. The maximum atomic E-state index is 11.3. The summed E-state index contributed by atoms with van der Waals surface area (Å²) in [6.45, 7) is 3.06. The van der Waals surface area contributed by atoms with Gasteiger partial charge in [0.05, 0.1) is 5.60 Å². The number of nitrogens with zero attached hydrogens (tertiary/aromatic N) is 4. The van der Waals surface area contributed by atoms with Crippen LogP contribution >= 0.6 is 0 Å². The Hall–Kier alpha value is -1.97. The Bertz CT molecular complexity index is 414. The van der Waals surface area contributed by atoms with Crippen molar-refractivity contribution in [3.8, 4) is 0 Å². The molecule has 0 aromatic rings. The molecule has 1 saturated heterocycles. The van der Waals surface area contributed by atoms with E-state index in [9.17, 15) is 24.4 Å². The van der Waals surface area contributed by atoms with E-state index in [0.29, 0.717) is 0 Å². The van der Waals surface area contributed by atoms with E-state index in [4.69, 9.17) is 4.74 Å². The summed E-state index contributed by atoms with van der Waals surface area (Å²) in [4.78, 5) is 54.1. The van der Waals surface area contributed by atoms with Crippen LogP contribution in [0, 0.1) is 19.6 Å². The number of ether oxygens (including phenoxy) is 1. The summed E-state index contributed by atoms with van der Waals surface area (Å²) < 4.78 is 5.29. The maximum absolute atomic E-state index is 11.3. The van der Waals surface area contributed by atoms with Gasteiger partial charge in [-0.15, -0.1) is 4.91 Å². The predicted octanol–water partition coefficient (Wildman–Crippen LogP) is 1.25. The Balaban J connectivity index is 3.28. The van der Waals surface area contributed by atoms with Crippen LogP contribution in [0.3, 0.4) is 0 Å². The van der Waals surface area contributed by atoms with Gasteiger partial charge in [-0.1, -0.05) is 22.5 Å². The lowest BCUT2D eigenvalue weighted by atomic mass is 9.80. The molecule has 19 heavy (non-hydrogen) atoms. The lowest BCUT2D eigenvalue weighted by Gasteiger charge is -2.43. The van der Waals surface area contributed by atoms with Crippen molar-refractivity contribution in [1.82, 2.24) is 0 Å². The van der Waals surface area contributed by atoms with Crippen molar-refractivity contribution in [2.45, 2.75) is 50.1 Å². The molecule has 0 bridgehead atoms. The second-order valence-electron chi connectivity index (χ2n) is 4.38. The van der Waals surface area contributed by atoms with Gasteiger partial charge < -0.3 is 4.74 Å². The Morgan fingerprint density at radius 3 is 2.05 bits per heavy atom. The van der Waals surface area contributed by atoms with Gasteiger partial charge in [-0.25, -0.2) is 0 Å². The number of amides is 1. The minimum absolute atomic E-state index is 0.212. The first-order valence-electron chi connectivity index (χ1n) is 5.51. The number of carbonyl (C=O) groups is 1. The molecule has 5 atom stereocenters. The molecule has 1 unspecified atom stereocenters. The van der Waals surface area contributed by atoms with E-state index < -0.39 is 35.7 Å². The third kappa shape index (κ3) is 2.43. The van der Waals surface area contributed by atoms with E-state index in [2.05, 4.69) is 20.7 Å². The normalized spacial score (nSPS) is 38.2. The summed E-state index contributed by atoms with van der Waals surface area (Å²) in [6, 6.07) is -4.33. The second-order valence-corrected chi connectivity index (χ2v) is 4.38. The third-order valence-electron chi connectivity index (χ3n) is 3.40. The smallest absolute Gasteiger partial charge is 0.317 e. The van der Waals surface area contributed by atoms with Crippen molar-refractivity contribution >= 4 is 5.91 Å². The summed E-state index contributed by atoms with van der Waals surface area (Å²) in [7, 11) is 0. The van der Waals surface area contributed by atoms with Crippen molar-refractivity contribution in [3.63, 3.8) is 0 Å². The molecule has 0 aromatic heterocycles. The van der Waals surface area contributed by atoms with Gasteiger partial charge >= 0.3 is 5.91 Å². The summed E-state index contributed by atoms with van der Waals surface area (Å²) >= 11 is 0. The first kappa shape index (κ1) is 15.1. The summed E-state index contributed by atoms with van der Waals surface area (Å²) in [6.07, 6.45) is -1.41. The molecule has 1 aliphatic heterocycles. The molecule has 1 amide bonds. The second kappa shape index (κ2) is 5.78. The third-order valence-corrected chi connectivity index (χ3v) is 3.40. The molecule has 0 saturated carbocycles. The maximum Gasteiger partial charge on any atom is 0.317 e. The lowest BCUT2D eigenvalue weighted by Crippen LogP contribution is -2.62. The highest BCUT2D eigenvalue weighted by Crippen LogP contribution is 2.37. The summed E-state index contributed by atoms with van der Waals surface area (Å²) in [5, 5.41) is 10.1. The van der Waals surface area contributed by atoms with Crippen molar-refractivity contribution in [1.29, 1.82) is 0 Å². The number of hydrogen-bond donors (Lipinski definition) is 0. The quantitative estimate of drug-likeness (QED) is 0.688. The van der Waals surface area contributed by atoms with E-state index in [1.807, 2.05) is 0 Å². The van der Waals surface area contributed by atoms with Crippen LogP contribution in [0.5, 0.6) is 0 Å². The lowest BCUT2D eigenvalue weighted by molar-refractivity contribution is -0.164. The molecule has 0 spiro atoms. The molecular formula is C9H12N4O6. The van der Waals surface area contributed by atoms with E-state index in [0.717, 1.165) is 0 Å². The van der Waals surface area contributed by atoms with Crippen LogP contribution in [0.25, 0.3) is 0 Å². The van der Waals surface area contributed by atoms with E-state index in [-0.39, 0.29) is 6.42 Å². The molecule has 0 aromatic carbocycles. The van der Waals surface area contributed by atoms with Gasteiger partial charge in [0.15, 0.2) is 12.1 Å². The highest BCUT2D eigenvalue weighted by Gasteiger charge is 2.57. The number of hydrogen-bond acceptors (Lipinski definition) is 9. The van der Waals surface area contributed by atoms with E-state index in [1.54, 1.807) is 6.92 Å². The molecule has 0 N–H and O–H groups in total. The van der Waals surface area contributed by atoms with Crippen LogP contribution in [0.2, 0.25) is 0 Å². The SMILES string of the molecule is CC[C@@]1(C)O[C@H](C(=O)N=O)[C@H](N=O)[C@H](N=O)C1N=O. The average Bonchev–Trinajstić information content (AvgIpc) is 2.44. The van der Waals surface area contributed by atoms with Crippen LogP contribution in [-0.2, 0) is 9.53 Å². The molecule has 1 heterocycles. The Morgan fingerprint density at radius 2 is 1.68 bits per heavy atom. The summed E-state index contributed by atoms with van der Waals surface area (Å²) in [5.74, 6) is -1.28. The van der Waals surface area contributed by atoms with Crippen LogP contribution in [0.4, 0.5) is 0 Å². The predicted molar refractivity (Wildman–Crippen MR) is 63.1 cm³/mol. The highest BCUT2D eigenvalue weighted by molar-refractivity contribution is 5.82. The Labute approximate surface area is 107 Å². The summed E-state index contributed by atoms with van der Waals surface area (Å²) in [5.41, 5.74) is -1.30. The monoisotopic (exact) mass is 272 g/mol. The van der Waals surface area contributed by atoms with Crippen LogP contribution in [-0.4, -0.2) is 35.7 Å². The van der Waals surface area contributed by atoms with Crippen molar-refractivity contribution in [3.05, 3.63) is 19.6 Å². The molecule has 10 heteroatoms. The van der Waals surface area contributed by atoms with Crippen molar-refractivity contribution < 1.29 is 9.53 Å². The van der Waals surface area contributed by atoms with Gasteiger partial charge in [-0.05, 0) is 13.3 Å². The van der Waals surface area contributed by atoms with Gasteiger partial charge in [0, 0.05) is 5.18 Å². The zero-order valence-corrected chi connectivity index (χ0v) is 10.3. The fourth-order valence-corrected chi connectivity index (χ4v) is 2.11. The van der Waals surface area contributed by atoms with Crippen molar-refractivity contribution in [2.24, 2.45) is 20.7 Å².